The van der Waals surface area contributed by atoms with Gasteiger partial charge in [-0.3, -0.25) is 4.79 Å². The Morgan fingerprint density at radius 3 is 2.63 bits per heavy atom. The van der Waals surface area contributed by atoms with Crippen molar-refractivity contribution in [3.63, 3.8) is 0 Å². The van der Waals surface area contributed by atoms with Crippen LogP contribution in [0, 0.1) is 12.8 Å². The van der Waals surface area contributed by atoms with E-state index in [1.807, 2.05) is 30.0 Å². The number of carbonyl (C=O) groups excluding carboxylic acids is 1. The van der Waals surface area contributed by atoms with Gasteiger partial charge in [0, 0.05) is 17.6 Å². The van der Waals surface area contributed by atoms with Gasteiger partial charge in [0.1, 0.15) is 0 Å². The van der Waals surface area contributed by atoms with Crippen LogP contribution in [-0.4, -0.2) is 23.9 Å². The number of piperidine rings is 1. The Hall–Kier alpha value is -0.830. The molecule has 1 aliphatic heterocycles. The lowest BCUT2D eigenvalue weighted by molar-refractivity contribution is 0.0685. The van der Waals surface area contributed by atoms with Gasteiger partial charge in [0.15, 0.2) is 0 Å². The molecule has 1 heterocycles. The van der Waals surface area contributed by atoms with Gasteiger partial charge < -0.3 is 4.90 Å². The number of benzene rings is 1. The maximum atomic E-state index is 12.5. The SMILES string of the molecule is CCCC1CCN(C(=O)c2ccc(C)cc2Br)CC1. The van der Waals surface area contributed by atoms with E-state index in [2.05, 4.69) is 22.9 Å². The summed E-state index contributed by atoms with van der Waals surface area (Å²) in [4.78, 5) is 14.5. The van der Waals surface area contributed by atoms with Gasteiger partial charge in [-0.1, -0.05) is 25.8 Å². The molecule has 2 nitrogen and oxygen atoms in total. The van der Waals surface area contributed by atoms with Crippen LogP contribution in [0.1, 0.15) is 48.5 Å². The maximum absolute atomic E-state index is 12.5. The van der Waals surface area contributed by atoms with Crippen LogP contribution in [0.25, 0.3) is 0 Å². The number of aryl methyl sites for hydroxylation is 1. The van der Waals surface area contributed by atoms with Gasteiger partial charge in [0.25, 0.3) is 5.91 Å². The minimum absolute atomic E-state index is 0.168. The highest BCUT2D eigenvalue weighted by Gasteiger charge is 2.24. The molecule has 1 aromatic carbocycles. The third-order valence-electron chi connectivity index (χ3n) is 3.95. The molecule has 2 rings (SSSR count). The molecule has 0 N–H and O–H groups in total. The van der Waals surface area contributed by atoms with Crippen LogP contribution in [0.4, 0.5) is 0 Å². The molecule has 0 radical (unpaired) electrons. The molecule has 0 unspecified atom stereocenters. The molecule has 0 bridgehead atoms. The molecule has 0 aromatic heterocycles. The number of amides is 1. The monoisotopic (exact) mass is 323 g/mol. The highest BCUT2D eigenvalue weighted by Crippen LogP contribution is 2.25. The molecular formula is C16H22BrNO. The van der Waals surface area contributed by atoms with Crippen LogP contribution in [0.2, 0.25) is 0 Å². The molecule has 1 aliphatic rings. The van der Waals surface area contributed by atoms with Crippen LogP contribution < -0.4 is 0 Å². The van der Waals surface area contributed by atoms with E-state index < -0.39 is 0 Å². The van der Waals surface area contributed by atoms with Crippen LogP contribution >= 0.6 is 15.9 Å². The van der Waals surface area contributed by atoms with Gasteiger partial charge in [-0.15, -0.1) is 0 Å². The predicted molar refractivity (Wildman–Crippen MR) is 82.4 cm³/mol. The van der Waals surface area contributed by atoms with Crippen molar-refractivity contribution in [2.24, 2.45) is 5.92 Å². The summed E-state index contributed by atoms with van der Waals surface area (Å²) in [5.41, 5.74) is 1.96. The molecule has 1 saturated heterocycles. The van der Waals surface area contributed by atoms with Crippen LogP contribution in [0.3, 0.4) is 0 Å². The fraction of sp³-hybridized carbons (Fsp3) is 0.562. The second-order valence-electron chi connectivity index (χ2n) is 5.51. The van der Waals surface area contributed by atoms with Crippen LogP contribution in [0.5, 0.6) is 0 Å². The van der Waals surface area contributed by atoms with Gasteiger partial charge >= 0.3 is 0 Å². The first-order valence-electron chi connectivity index (χ1n) is 7.17. The van der Waals surface area contributed by atoms with E-state index in [1.54, 1.807) is 0 Å². The van der Waals surface area contributed by atoms with E-state index in [-0.39, 0.29) is 5.91 Å². The summed E-state index contributed by atoms with van der Waals surface area (Å²) >= 11 is 3.50. The van der Waals surface area contributed by atoms with Crippen molar-refractivity contribution in [1.29, 1.82) is 0 Å². The molecule has 0 saturated carbocycles. The average molecular weight is 324 g/mol. The Morgan fingerprint density at radius 1 is 1.37 bits per heavy atom. The highest BCUT2D eigenvalue weighted by atomic mass is 79.9. The quantitative estimate of drug-likeness (QED) is 0.806. The largest absolute Gasteiger partial charge is 0.339 e. The van der Waals surface area contributed by atoms with Gasteiger partial charge in [0.05, 0.1) is 5.56 Å². The van der Waals surface area contributed by atoms with E-state index in [9.17, 15) is 4.79 Å². The molecule has 0 spiro atoms. The van der Waals surface area contributed by atoms with E-state index in [0.717, 1.165) is 41.9 Å². The van der Waals surface area contributed by atoms with Crippen molar-refractivity contribution >= 4 is 21.8 Å². The van der Waals surface area contributed by atoms with Crippen LogP contribution in [0.15, 0.2) is 22.7 Å². The molecule has 3 heteroatoms. The molecule has 1 aromatic rings. The Balaban J connectivity index is 2.01. The third kappa shape index (κ3) is 3.59. The number of likely N-dealkylation sites (tertiary alicyclic amines) is 1. The fourth-order valence-electron chi connectivity index (χ4n) is 2.80. The lowest BCUT2D eigenvalue weighted by Crippen LogP contribution is -2.38. The molecule has 1 fully saturated rings. The van der Waals surface area contributed by atoms with Crippen molar-refractivity contribution in [3.8, 4) is 0 Å². The molecule has 1 amide bonds. The highest BCUT2D eigenvalue weighted by molar-refractivity contribution is 9.10. The maximum Gasteiger partial charge on any atom is 0.254 e. The lowest BCUT2D eigenvalue weighted by atomic mass is 9.92. The van der Waals surface area contributed by atoms with E-state index in [1.165, 1.54) is 18.4 Å². The normalized spacial score (nSPS) is 16.7. The first-order chi connectivity index (χ1) is 9.11. The summed E-state index contributed by atoms with van der Waals surface area (Å²) < 4.78 is 0.910. The van der Waals surface area contributed by atoms with Gasteiger partial charge in [-0.2, -0.15) is 0 Å². The second kappa shape index (κ2) is 6.56. The summed E-state index contributed by atoms with van der Waals surface area (Å²) in [6.07, 6.45) is 4.87. The fourth-order valence-corrected chi connectivity index (χ4v) is 3.46. The van der Waals surface area contributed by atoms with Gasteiger partial charge in [0.2, 0.25) is 0 Å². The zero-order valence-electron chi connectivity index (χ0n) is 11.8. The van der Waals surface area contributed by atoms with Crippen molar-refractivity contribution in [2.45, 2.75) is 39.5 Å². The summed E-state index contributed by atoms with van der Waals surface area (Å²) in [6, 6.07) is 5.94. The third-order valence-corrected chi connectivity index (χ3v) is 4.61. The summed E-state index contributed by atoms with van der Waals surface area (Å²) in [5.74, 6) is 0.984. The Bertz CT molecular complexity index is 450. The molecule has 19 heavy (non-hydrogen) atoms. The van der Waals surface area contributed by atoms with Crippen molar-refractivity contribution in [2.75, 3.05) is 13.1 Å². The Kier molecular flexibility index (Phi) is 5.03. The number of rotatable bonds is 3. The average Bonchev–Trinajstić information content (AvgIpc) is 2.39. The molecule has 0 aliphatic carbocycles. The molecule has 104 valence electrons. The van der Waals surface area contributed by atoms with Crippen molar-refractivity contribution < 1.29 is 4.79 Å². The number of hydrogen-bond acceptors (Lipinski definition) is 1. The Labute approximate surface area is 124 Å². The smallest absolute Gasteiger partial charge is 0.254 e. The second-order valence-corrected chi connectivity index (χ2v) is 6.36. The number of nitrogens with zero attached hydrogens (tertiary/aromatic N) is 1. The minimum Gasteiger partial charge on any atom is -0.339 e. The molecular weight excluding hydrogens is 302 g/mol. The van der Waals surface area contributed by atoms with Crippen molar-refractivity contribution in [3.05, 3.63) is 33.8 Å². The van der Waals surface area contributed by atoms with Gasteiger partial charge in [-0.25, -0.2) is 0 Å². The lowest BCUT2D eigenvalue weighted by Gasteiger charge is -2.32. The zero-order valence-corrected chi connectivity index (χ0v) is 13.4. The topological polar surface area (TPSA) is 20.3 Å². The Morgan fingerprint density at radius 2 is 2.05 bits per heavy atom. The first-order valence-corrected chi connectivity index (χ1v) is 7.96. The van der Waals surface area contributed by atoms with E-state index in [0.29, 0.717) is 0 Å². The first kappa shape index (κ1) is 14.6. The van der Waals surface area contributed by atoms with Crippen molar-refractivity contribution in [1.82, 2.24) is 4.90 Å². The van der Waals surface area contributed by atoms with Crippen LogP contribution in [-0.2, 0) is 0 Å². The predicted octanol–water partition coefficient (Wildman–Crippen LogP) is 4.41. The standard InChI is InChI=1S/C16H22BrNO/c1-3-4-13-7-9-18(10-8-13)16(19)14-6-5-12(2)11-15(14)17/h5-6,11,13H,3-4,7-10H2,1-2H3. The molecule has 0 atom stereocenters. The number of halogens is 1. The van der Waals surface area contributed by atoms with Gasteiger partial charge in [-0.05, 0) is 59.3 Å². The van der Waals surface area contributed by atoms with E-state index in [4.69, 9.17) is 0 Å². The number of carbonyl (C=O) groups is 1. The minimum atomic E-state index is 0.168. The summed E-state index contributed by atoms with van der Waals surface area (Å²) in [5, 5.41) is 0. The summed E-state index contributed by atoms with van der Waals surface area (Å²) in [6.45, 7) is 6.09. The number of hydrogen-bond donors (Lipinski definition) is 0. The van der Waals surface area contributed by atoms with E-state index >= 15 is 0 Å². The summed E-state index contributed by atoms with van der Waals surface area (Å²) in [7, 11) is 0. The zero-order chi connectivity index (χ0) is 13.8.